The summed E-state index contributed by atoms with van der Waals surface area (Å²) in [5.41, 5.74) is 5.24. The van der Waals surface area contributed by atoms with E-state index < -0.39 is 5.97 Å². The van der Waals surface area contributed by atoms with E-state index in [9.17, 15) is 4.79 Å². The molecular weight excluding hydrogens is 400 g/mol. The fraction of sp³-hybridized carbons (Fsp3) is 0.321. The molecule has 0 saturated carbocycles. The molecule has 2 atom stereocenters. The number of fused-ring (bicyclic) bond motifs is 1. The molecule has 0 aromatic heterocycles. The first-order valence-corrected chi connectivity index (χ1v) is 11.4. The molecule has 1 aliphatic rings. The number of hydrogen-bond donors (Lipinski definition) is 1. The molecule has 1 aliphatic carbocycles. The molecule has 0 unspecified atom stereocenters. The van der Waals surface area contributed by atoms with Crippen LogP contribution in [0.1, 0.15) is 60.3 Å². The van der Waals surface area contributed by atoms with Crippen LogP contribution < -0.4 is 9.47 Å². The Bertz CT molecular complexity index is 1030. The van der Waals surface area contributed by atoms with Crippen LogP contribution in [0.25, 0.3) is 0 Å². The molecule has 0 spiro atoms. The Hall–Kier alpha value is -3.27. The fourth-order valence-corrected chi connectivity index (χ4v) is 4.61. The lowest BCUT2D eigenvalue weighted by Gasteiger charge is -2.35. The van der Waals surface area contributed by atoms with Gasteiger partial charge in [-0.3, -0.25) is 0 Å². The molecule has 1 N–H and O–H groups in total. The van der Waals surface area contributed by atoms with Gasteiger partial charge in [-0.15, -0.1) is 0 Å². The zero-order chi connectivity index (χ0) is 22.3. The summed E-state index contributed by atoms with van der Waals surface area (Å²) < 4.78 is 11.3. The average Bonchev–Trinajstić information content (AvgIpc) is 2.83. The molecule has 0 saturated heterocycles. The smallest absolute Gasteiger partial charge is 0.341 e. The summed E-state index contributed by atoms with van der Waals surface area (Å²) >= 11 is 0. The van der Waals surface area contributed by atoms with E-state index in [-0.39, 0.29) is 12.5 Å². The van der Waals surface area contributed by atoms with Crippen molar-refractivity contribution in [3.63, 3.8) is 0 Å². The number of carboxylic acid groups (broad SMARTS) is 1. The van der Waals surface area contributed by atoms with Crippen molar-refractivity contribution < 1.29 is 19.4 Å². The van der Waals surface area contributed by atoms with Gasteiger partial charge in [0.2, 0.25) is 0 Å². The van der Waals surface area contributed by atoms with E-state index in [1.165, 1.54) is 22.3 Å². The predicted octanol–water partition coefficient (Wildman–Crippen LogP) is 6.19. The fourth-order valence-electron chi connectivity index (χ4n) is 4.61. The number of carboxylic acids is 1. The predicted molar refractivity (Wildman–Crippen MR) is 126 cm³/mol. The Kier molecular flexibility index (Phi) is 7.10. The molecule has 4 rings (SSSR count). The topological polar surface area (TPSA) is 55.8 Å². The van der Waals surface area contributed by atoms with E-state index >= 15 is 0 Å². The molecule has 0 bridgehead atoms. The Labute approximate surface area is 189 Å². The monoisotopic (exact) mass is 430 g/mol. The van der Waals surface area contributed by atoms with Crippen LogP contribution >= 0.6 is 0 Å². The van der Waals surface area contributed by atoms with Crippen molar-refractivity contribution in [1.29, 1.82) is 0 Å². The van der Waals surface area contributed by atoms with Crippen molar-refractivity contribution in [2.75, 3.05) is 13.2 Å². The molecule has 0 amide bonds. The van der Waals surface area contributed by atoms with Gasteiger partial charge in [0.15, 0.2) is 6.61 Å². The number of hydrogen-bond acceptors (Lipinski definition) is 3. The molecule has 0 aliphatic heterocycles. The largest absolute Gasteiger partial charge is 0.494 e. The SMILES string of the molecule is CCCCOc1ccc2c(c1)CC[C@H](c1ccccc1)[C@@H]2c1ccc(OCC(=O)O)cc1. The summed E-state index contributed by atoms with van der Waals surface area (Å²) in [6, 6.07) is 25.1. The van der Waals surface area contributed by atoms with Crippen molar-refractivity contribution in [2.24, 2.45) is 0 Å². The van der Waals surface area contributed by atoms with E-state index in [0.717, 1.165) is 38.0 Å². The molecule has 3 aromatic carbocycles. The van der Waals surface area contributed by atoms with Gasteiger partial charge in [0.25, 0.3) is 0 Å². The Morgan fingerprint density at radius 1 is 0.938 bits per heavy atom. The van der Waals surface area contributed by atoms with Gasteiger partial charge in [0.05, 0.1) is 6.61 Å². The van der Waals surface area contributed by atoms with Crippen molar-refractivity contribution in [2.45, 2.75) is 44.4 Å². The molecule has 4 nitrogen and oxygen atoms in total. The Morgan fingerprint density at radius 2 is 1.69 bits per heavy atom. The maximum absolute atomic E-state index is 10.8. The van der Waals surface area contributed by atoms with Gasteiger partial charge >= 0.3 is 5.97 Å². The van der Waals surface area contributed by atoms with Crippen LogP contribution in [0.2, 0.25) is 0 Å². The first-order valence-electron chi connectivity index (χ1n) is 11.4. The Morgan fingerprint density at radius 3 is 2.41 bits per heavy atom. The summed E-state index contributed by atoms with van der Waals surface area (Å²) in [5.74, 6) is 1.15. The third-order valence-electron chi connectivity index (χ3n) is 6.17. The molecule has 166 valence electrons. The molecule has 0 heterocycles. The summed E-state index contributed by atoms with van der Waals surface area (Å²) in [7, 11) is 0. The van der Waals surface area contributed by atoms with Crippen LogP contribution in [0.4, 0.5) is 0 Å². The second kappa shape index (κ2) is 10.4. The number of unbranched alkanes of at least 4 members (excludes halogenated alkanes) is 1. The highest BCUT2D eigenvalue weighted by Gasteiger charge is 2.32. The average molecular weight is 431 g/mol. The molecular formula is C28H30O4. The first-order chi connectivity index (χ1) is 15.7. The standard InChI is InChI=1S/C28H30O4/c1-2-3-17-31-24-14-16-26-22(18-24)11-15-25(20-7-5-4-6-8-20)28(26)21-9-12-23(13-10-21)32-19-27(29)30/h4-10,12-14,16,18,25,28H,2-3,11,15,17,19H2,1H3,(H,29,30)/t25-,28+/m1/s1. The van der Waals surface area contributed by atoms with Gasteiger partial charge < -0.3 is 14.6 Å². The Balaban J connectivity index is 1.66. The third-order valence-corrected chi connectivity index (χ3v) is 6.17. The van der Waals surface area contributed by atoms with Crippen molar-refractivity contribution >= 4 is 5.97 Å². The summed E-state index contributed by atoms with van der Waals surface area (Å²) in [6.07, 6.45) is 4.28. The van der Waals surface area contributed by atoms with E-state index in [4.69, 9.17) is 14.6 Å². The number of carbonyl (C=O) groups is 1. The normalized spacial score (nSPS) is 17.4. The van der Waals surface area contributed by atoms with Gasteiger partial charge in [-0.25, -0.2) is 4.79 Å². The molecule has 4 heteroatoms. The number of ether oxygens (including phenoxy) is 2. The maximum atomic E-state index is 10.8. The highest BCUT2D eigenvalue weighted by atomic mass is 16.5. The van der Waals surface area contributed by atoms with E-state index in [2.05, 4.69) is 67.6 Å². The quantitative estimate of drug-likeness (QED) is 0.411. The lowest BCUT2D eigenvalue weighted by molar-refractivity contribution is -0.139. The molecule has 0 radical (unpaired) electrons. The minimum Gasteiger partial charge on any atom is -0.494 e. The van der Waals surface area contributed by atoms with E-state index in [1.807, 2.05) is 12.1 Å². The van der Waals surface area contributed by atoms with Crippen LogP contribution in [0, 0.1) is 0 Å². The molecule has 3 aromatic rings. The van der Waals surface area contributed by atoms with E-state index in [1.54, 1.807) is 0 Å². The summed E-state index contributed by atoms with van der Waals surface area (Å²) in [4.78, 5) is 10.8. The lowest BCUT2D eigenvalue weighted by atomic mass is 9.69. The van der Waals surface area contributed by atoms with Gasteiger partial charge in [-0.2, -0.15) is 0 Å². The first kappa shape index (κ1) is 21.9. The minimum atomic E-state index is -0.976. The van der Waals surface area contributed by atoms with Crippen molar-refractivity contribution in [3.05, 3.63) is 95.1 Å². The van der Waals surface area contributed by atoms with Gasteiger partial charge in [-0.1, -0.05) is 61.9 Å². The maximum Gasteiger partial charge on any atom is 0.341 e. The van der Waals surface area contributed by atoms with Gasteiger partial charge in [0, 0.05) is 5.92 Å². The summed E-state index contributed by atoms with van der Waals surface area (Å²) in [5, 5.41) is 8.86. The van der Waals surface area contributed by atoms with Crippen LogP contribution in [0.5, 0.6) is 11.5 Å². The molecule has 0 fully saturated rings. The molecule has 32 heavy (non-hydrogen) atoms. The highest BCUT2D eigenvalue weighted by molar-refractivity contribution is 5.68. The second-order valence-corrected chi connectivity index (χ2v) is 8.35. The van der Waals surface area contributed by atoms with Crippen LogP contribution in [-0.4, -0.2) is 24.3 Å². The second-order valence-electron chi connectivity index (χ2n) is 8.35. The zero-order valence-electron chi connectivity index (χ0n) is 18.5. The number of rotatable bonds is 9. The lowest BCUT2D eigenvalue weighted by Crippen LogP contribution is -2.20. The van der Waals surface area contributed by atoms with Gasteiger partial charge in [-0.05, 0) is 71.7 Å². The third kappa shape index (κ3) is 5.13. The number of aliphatic carboxylic acids is 1. The van der Waals surface area contributed by atoms with Crippen molar-refractivity contribution in [1.82, 2.24) is 0 Å². The zero-order valence-corrected chi connectivity index (χ0v) is 18.5. The number of benzene rings is 3. The summed E-state index contributed by atoms with van der Waals surface area (Å²) in [6.45, 7) is 2.59. The highest BCUT2D eigenvalue weighted by Crippen LogP contribution is 2.47. The van der Waals surface area contributed by atoms with Crippen molar-refractivity contribution in [3.8, 4) is 11.5 Å². The van der Waals surface area contributed by atoms with Gasteiger partial charge in [0.1, 0.15) is 11.5 Å². The number of aryl methyl sites for hydroxylation is 1. The van der Waals surface area contributed by atoms with Crippen LogP contribution in [0.15, 0.2) is 72.8 Å². The van der Waals surface area contributed by atoms with Crippen LogP contribution in [0.3, 0.4) is 0 Å². The minimum absolute atomic E-state index is 0.222. The van der Waals surface area contributed by atoms with E-state index in [0.29, 0.717) is 11.7 Å². The van der Waals surface area contributed by atoms with Crippen LogP contribution in [-0.2, 0) is 11.2 Å².